The molecule has 2 unspecified atom stereocenters. The van der Waals surface area contributed by atoms with Crippen molar-refractivity contribution in [2.45, 2.75) is 43.5 Å². The third kappa shape index (κ3) is 4.74. The van der Waals surface area contributed by atoms with Crippen LogP contribution in [0.25, 0.3) is 0 Å². The van der Waals surface area contributed by atoms with Crippen LogP contribution in [0.2, 0.25) is 0 Å². The van der Waals surface area contributed by atoms with E-state index >= 15 is 0 Å². The number of methoxy groups -OCH3 is 1. The Morgan fingerprint density at radius 2 is 1.82 bits per heavy atom. The van der Waals surface area contributed by atoms with E-state index in [4.69, 9.17) is 4.74 Å². The van der Waals surface area contributed by atoms with Crippen LogP contribution in [0, 0.1) is 5.92 Å². The molecular formula is C24H29N3O5S. The molecule has 2 amide bonds. The summed E-state index contributed by atoms with van der Waals surface area (Å²) in [6.07, 6.45) is 2.86. The number of nitrogens with one attached hydrogen (secondary N) is 1. The number of anilines is 2. The monoisotopic (exact) mass is 471 g/mol. The van der Waals surface area contributed by atoms with Crippen LogP contribution in [-0.4, -0.2) is 50.8 Å². The summed E-state index contributed by atoms with van der Waals surface area (Å²) in [6, 6.07) is 13.4. The van der Waals surface area contributed by atoms with Gasteiger partial charge in [-0.25, -0.2) is 8.42 Å². The van der Waals surface area contributed by atoms with Crippen LogP contribution < -0.4 is 15.0 Å². The Morgan fingerprint density at radius 1 is 1.09 bits per heavy atom. The van der Waals surface area contributed by atoms with Crippen LogP contribution in [0.4, 0.5) is 11.4 Å². The van der Waals surface area contributed by atoms with E-state index in [1.807, 2.05) is 19.1 Å². The van der Waals surface area contributed by atoms with Crippen LogP contribution in [0.3, 0.4) is 0 Å². The number of para-hydroxylation sites is 2. The molecule has 0 aliphatic carbocycles. The minimum absolute atomic E-state index is 0.0192. The number of ether oxygens (including phenoxy) is 1. The average molecular weight is 472 g/mol. The summed E-state index contributed by atoms with van der Waals surface area (Å²) in [7, 11) is -2.03. The van der Waals surface area contributed by atoms with Crippen molar-refractivity contribution in [3.63, 3.8) is 0 Å². The van der Waals surface area contributed by atoms with Crippen LogP contribution in [0.15, 0.2) is 53.4 Å². The smallest absolute Gasteiger partial charge is 0.243 e. The van der Waals surface area contributed by atoms with Crippen molar-refractivity contribution in [1.29, 1.82) is 0 Å². The van der Waals surface area contributed by atoms with Crippen LogP contribution in [0.1, 0.15) is 32.6 Å². The highest BCUT2D eigenvalue weighted by Crippen LogP contribution is 2.33. The fourth-order valence-corrected chi connectivity index (χ4v) is 6.19. The summed E-state index contributed by atoms with van der Waals surface area (Å²) in [5.74, 6) is -0.357. The maximum absolute atomic E-state index is 13.0. The first-order chi connectivity index (χ1) is 15.8. The molecule has 0 saturated carbocycles. The van der Waals surface area contributed by atoms with E-state index in [1.165, 1.54) is 12.1 Å². The quantitative estimate of drug-likeness (QED) is 0.698. The summed E-state index contributed by atoms with van der Waals surface area (Å²) in [6.45, 7) is 2.72. The van der Waals surface area contributed by atoms with Gasteiger partial charge in [0, 0.05) is 31.2 Å². The van der Waals surface area contributed by atoms with E-state index in [9.17, 15) is 18.0 Å². The predicted octanol–water partition coefficient (Wildman–Crippen LogP) is 3.25. The van der Waals surface area contributed by atoms with Gasteiger partial charge >= 0.3 is 0 Å². The predicted molar refractivity (Wildman–Crippen MR) is 126 cm³/mol. The van der Waals surface area contributed by atoms with Gasteiger partial charge in [-0.1, -0.05) is 18.6 Å². The van der Waals surface area contributed by atoms with E-state index < -0.39 is 15.9 Å². The zero-order valence-corrected chi connectivity index (χ0v) is 19.7. The fourth-order valence-electron chi connectivity index (χ4n) is 4.49. The minimum Gasteiger partial charge on any atom is -0.495 e. The van der Waals surface area contributed by atoms with Crippen molar-refractivity contribution in [2.75, 3.05) is 30.4 Å². The fraction of sp³-hybridized carbons (Fsp3) is 0.417. The maximum atomic E-state index is 13.0. The molecule has 2 atom stereocenters. The van der Waals surface area contributed by atoms with Gasteiger partial charge in [0.25, 0.3) is 0 Å². The summed E-state index contributed by atoms with van der Waals surface area (Å²) >= 11 is 0. The minimum atomic E-state index is -3.57. The highest BCUT2D eigenvalue weighted by Gasteiger charge is 2.36. The highest BCUT2D eigenvalue weighted by molar-refractivity contribution is 7.89. The average Bonchev–Trinajstić information content (AvgIpc) is 3.21. The van der Waals surface area contributed by atoms with Gasteiger partial charge in [0.2, 0.25) is 21.8 Å². The molecule has 2 aromatic carbocycles. The molecule has 2 heterocycles. The SMILES string of the molecule is COc1ccccc1N1CC(C(=O)Nc2ccc(S(=O)(=O)N3CCCCC3C)cc2)CC1=O. The number of amides is 2. The number of nitrogens with zero attached hydrogens (tertiary/aromatic N) is 2. The molecule has 176 valence electrons. The maximum Gasteiger partial charge on any atom is 0.243 e. The van der Waals surface area contributed by atoms with Gasteiger partial charge in [0.1, 0.15) is 5.75 Å². The van der Waals surface area contributed by atoms with Crippen LogP contribution in [-0.2, 0) is 19.6 Å². The molecule has 2 aromatic rings. The van der Waals surface area contributed by atoms with E-state index in [0.717, 1.165) is 19.3 Å². The van der Waals surface area contributed by atoms with E-state index in [1.54, 1.807) is 40.6 Å². The third-order valence-electron chi connectivity index (χ3n) is 6.34. The Balaban J connectivity index is 1.42. The zero-order valence-electron chi connectivity index (χ0n) is 18.9. The molecule has 0 bridgehead atoms. The van der Waals surface area contributed by atoms with Crippen molar-refractivity contribution >= 4 is 33.2 Å². The number of sulfonamides is 1. The number of rotatable bonds is 6. The number of hydrogen-bond donors (Lipinski definition) is 1. The van der Waals surface area contributed by atoms with Gasteiger partial charge in [-0.05, 0) is 56.2 Å². The van der Waals surface area contributed by atoms with Crippen molar-refractivity contribution in [3.8, 4) is 5.75 Å². The lowest BCUT2D eigenvalue weighted by atomic mass is 10.1. The molecule has 33 heavy (non-hydrogen) atoms. The third-order valence-corrected chi connectivity index (χ3v) is 8.37. The molecule has 1 N–H and O–H groups in total. The Hall–Kier alpha value is -2.91. The van der Waals surface area contributed by atoms with E-state index in [0.29, 0.717) is 23.7 Å². The summed E-state index contributed by atoms with van der Waals surface area (Å²) in [5, 5.41) is 2.81. The first-order valence-corrected chi connectivity index (χ1v) is 12.6. The van der Waals surface area contributed by atoms with Gasteiger partial charge in [-0.2, -0.15) is 4.31 Å². The van der Waals surface area contributed by atoms with Gasteiger partial charge in [-0.15, -0.1) is 0 Å². The zero-order chi connectivity index (χ0) is 23.6. The van der Waals surface area contributed by atoms with Gasteiger partial charge in [0.05, 0.1) is 23.6 Å². The highest BCUT2D eigenvalue weighted by atomic mass is 32.2. The topological polar surface area (TPSA) is 96.0 Å². The van der Waals surface area contributed by atoms with Crippen LogP contribution in [0.5, 0.6) is 5.75 Å². The molecule has 0 spiro atoms. The Kier molecular flexibility index (Phi) is 6.71. The van der Waals surface area contributed by atoms with E-state index in [-0.39, 0.29) is 35.7 Å². The standard InChI is InChI=1S/C24H29N3O5S/c1-17-7-5-6-14-27(17)33(30,31)20-12-10-19(11-13-20)25-24(29)18-15-23(28)26(16-18)21-8-3-4-9-22(21)32-2/h3-4,8-13,17-18H,5-7,14-16H2,1-2H3,(H,25,29). The van der Waals surface area contributed by atoms with Gasteiger partial charge in [-0.3, -0.25) is 9.59 Å². The molecule has 0 radical (unpaired) electrons. The van der Waals surface area contributed by atoms with Gasteiger partial charge < -0.3 is 15.0 Å². The molecule has 2 saturated heterocycles. The first kappa shape index (κ1) is 23.3. The number of carbonyl (C=O) groups is 2. The van der Waals surface area contributed by atoms with Crippen molar-refractivity contribution in [3.05, 3.63) is 48.5 Å². The van der Waals surface area contributed by atoms with Gasteiger partial charge in [0.15, 0.2) is 0 Å². The van der Waals surface area contributed by atoms with Crippen LogP contribution >= 0.6 is 0 Å². The summed E-state index contributed by atoms with van der Waals surface area (Å²) < 4.78 is 32.9. The molecule has 0 aromatic heterocycles. The molecule has 2 aliphatic rings. The molecule has 2 fully saturated rings. The van der Waals surface area contributed by atoms with Crippen molar-refractivity contribution in [2.24, 2.45) is 5.92 Å². The lowest BCUT2D eigenvalue weighted by Gasteiger charge is -2.32. The molecule has 2 aliphatic heterocycles. The number of carbonyl (C=O) groups excluding carboxylic acids is 2. The lowest BCUT2D eigenvalue weighted by Crippen LogP contribution is -2.41. The Morgan fingerprint density at radius 3 is 2.52 bits per heavy atom. The second kappa shape index (κ2) is 9.52. The summed E-state index contributed by atoms with van der Waals surface area (Å²) in [5.41, 5.74) is 1.13. The summed E-state index contributed by atoms with van der Waals surface area (Å²) in [4.78, 5) is 27.2. The largest absolute Gasteiger partial charge is 0.495 e. The van der Waals surface area contributed by atoms with Crippen molar-refractivity contribution in [1.82, 2.24) is 4.31 Å². The molecule has 8 nitrogen and oxygen atoms in total. The Bertz CT molecular complexity index is 1130. The molecule has 4 rings (SSSR count). The Labute approximate surface area is 194 Å². The lowest BCUT2D eigenvalue weighted by molar-refractivity contribution is -0.122. The van der Waals surface area contributed by atoms with Crippen molar-refractivity contribution < 1.29 is 22.7 Å². The first-order valence-electron chi connectivity index (χ1n) is 11.2. The number of piperidine rings is 1. The second-order valence-electron chi connectivity index (χ2n) is 8.55. The molecule has 9 heteroatoms. The second-order valence-corrected chi connectivity index (χ2v) is 10.4. The number of hydrogen-bond acceptors (Lipinski definition) is 5. The normalized spacial score (nSPS) is 21.8. The molecular weight excluding hydrogens is 442 g/mol. The van der Waals surface area contributed by atoms with E-state index in [2.05, 4.69) is 5.32 Å². The number of benzene rings is 2.